The molecule has 1 heterocycles. The maximum absolute atomic E-state index is 13.4. The molecule has 0 spiro atoms. The second-order valence-corrected chi connectivity index (χ2v) is 4.89. The van der Waals surface area contributed by atoms with Crippen molar-refractivity contribution in [2.45, 2.75) is 25.3 Å². The Hall–Kier alpha value is -1.69. The monoisotopic (exact) mass is 284 g/mol. The largest absolute Gasteiger partial charge is 0.394 e. The number of amides is 2. The van der Waals surface area contributed by atoms with E-state index in [0.29, 0.717) is 18.5 Å². The first kappa shape index (κ1) is 14.7. The molecule has 0 aliphatic carbocycles. The highest BCUT2D eigenvalue weighted by atomic mass is 19.1. The van der Waals surface area contributed by atoms with Crippen LogP contribution in [0.2, 0.25) is 0 Å². The zero-order chi connectivity index (χ0) is 14.5. The number of hydrogen-bond donors (Lipinski definition) is 2. The molecule has 1 atom stereocenters. The number of carbonyl (C=O) groups is 1. The van der Waals surface area contributed by atoms with E-state index < -0.39 is 11.6 Å². The Morgan fingerprint density at radius 2 is 2.25 bits per heavy atom. The quantitative estimate of drug-likeness (QED) is 0.883. The van der Waals surface area contributed by atoms with Crippen molar-refractivity contribution in [3.05, 3.63) is 35.4 Å². The van der Waals surface area contributed by atoms with E-state index in [0.717, 1.165) is 18.9 Å². The van der Waals surface area contributed by atoms with Gasteiger partial charge in [-0.25, -0.2) is 13.6 Å². The third-order valence-corrected chi connectivity index (χ3v) is 3.53. The number of rotatable bonds is 4. The topological polar surface area (TPSA) is 52.6 Å². The van der Waals surface area contributed by atoms with E-state index in [-0.39, 0.29) is 25.2 Å². The van der Waals surface area contributed by atoms with Gasteiger partial charge in [-0.05, 0) is 30.9 Å². The minimum absolute atomic E-state index is 0.0417. The van der Waals surface area contributed by atoms with Gasteiger partial charge in [-0.3, -0.25) is 0 Å². The Morgan fingerprint density at radius 1 is 1.45 bits per heavy atom. The van der Waals surface area contributed by atoms with Crippen LogP contribution in [0.15, 0.2) is 18.2 Å². The fraction of sp³-hybridized carbons (Fsp3) is 0.500. The summed E-state index contributed by atoms with van der Waals surface area (Å²) in [6.45, 7) is 0.859. The number of nitrogens with one attached hydrogen (secondary N) is 1. The Balaban J connectivity index is 1.82. The molecule has 1 aromatic rings. The van der Waals surface area contributed by atoms with Crippen molar-refractivity contribution in [3.8, 4) is 0 Å². The average Bonchev–Trinajstić information content (AvgIpc) is 2.89. The summed E-state index contributed by atoms with van der Waals surface area (Å²) in [4.78, 5) is 13.5. The molecule has 0 saturated carbocycles. The number of benzene rings is 1. The molecule has 1 fully saturated rings. The van der Waals surface area contributed by atoms with Crippen LogP contribution < -0.4 is 5.32 Å². The summed E-state index contributed by atoms with van der Waals surface area (Å²) < 4.78 is 26.1. The molecule has 1 aliphatic rings. The summed E-state index contributed by atoms with van der Waals surface area (Å²) in [6.07, 6.45) is 1.98. The van der Waals surface area contributed by atoms with Crippen molar-refractivity contribution >= 4 is 6.03 Å². The van der Waals surface area contributed by atoms with Crippen LogP contribution in [-0.2, 0) is 6.42 Å². The maximum atomic E-state index is 13.4. The first-order valence-corrected chi connectivity index (χ1v) is 6.71. The normalized spacial score (nSPS) is 18.4. The van der Waals surface area contributed by atoms with E-state index >= 15 is 0 Å². The summed E-state index contributed by atoms with van der Waals surface area (Å²) >= 11 is 0. The molecular formula is C14H18F2N2O2. The van der Waals surface area contributed by atoms with Crippen LogP contribution in [0.1, 0.15) is 18.4 Å². The van der Waals surface area contributed by atoms with Crippen LogP contribution in [0.5, 0.6) is 0 Å². The van der Waals surface area contributed by atoms with Gasteiger partial charge in [-0.15, -0.1) is 0 Å². The zero-order valence-corrected chi connectivity index (χ0v) is 11.1. The maximum Gasteiger partial charge on any atom is 0.317 e. The van der Waals surface area contributed by atoms with Crippen molar-refractivity contribution in [2.24, 2.45) is 0 Å². The van der Waals surface area contributed by atoms with Crippen LogP contribution in [0, 0.1) is 11.6 Å². The van der Waals surface area contributed by atoms with Gasteiger partial charge in [-0.1, -0.05) is 6.07 Å². The number of urea groups is 1. The first-order chi connectivity index (χ1) is 9.61. The second kappa shape index (κ2) is 6.65. The molecule has 1 aliphatic heterocycles. The van der Waals surface area contributed by atoms with Crippen molar-refractivity contribution in [2.75, 3.05) is 19.7 Å². The standard InChI is InChI=1S/C14H18F2N2O2/c15-11-4-3-10(13(16)8-11)5-6-17-14(20)18-7-1-2-12(18)9-19/h3-4,8,12,19H,1-2,5-7,9H2,(H,17,20). The number of aliphatic hydroxyl groups excluding tert-OH is 1. The third kappa shape index (κ3) is 3.45. The van der Waals surface area contributed by atoms with Gasteiger partial charge in [0.25, 0.3) is 0 Å². The van der Waals surface area contributed by atoms with Crippen LogP contribution in [-0.4, -0.2) is 41.8 Å². The van der Waals surface area contributed by atoms with Gasteiger partial charge < -0.3 is 15.3 Å². The number of hydrogen-bond acceptors (Lipinski definition) is 2. The lowest BCUT2D eigenvalue weighted by atomic mass is 10.1. The number of aliphatic hydroxyl groups is 1. The van der Waals surface area contributed by atoms with E-state index in [1.165, 1.54) is 12.1 Å². The average molecular weight is 284 g/mol. The SMILES string of the molecule is O=C(NCCc1ccc(F)cc1F)N1CCCC1CO. The molecule has 20 heavy (non-hydrogen) atoms. The molecule has 2 amide bonds. The zero-order valence-electron chi connectivity index (χ0n) is 11.1. The number of nitrogens with zero attached hydrogens (tertiary/aromatic N) is 1. The summed E-state index contributed by atoms with van der Waals surface area (Å²) in [5.41, 5.74) is 0.367. The number of likely N-dealkylation sites (tertiary alicyclic amines) is 1. The molecule has 6 heteroatoms. The predicted molar refractivity (Wildman–Crippen MR) is 70.3 cm³/mol. The van der Waals surface area contributed by atoms with Crippen LogP contribution in [0.25, 0.3) is 0 Å². The highest BCUT2D eigenvalue weighted by Crippen LogP contribution is 2.16. The van der Waals surface area contributed by atoms with Crippen molar-refractivity contribution in [3.63, 3.8) is 0 Å². The van der Waals surface area contributed by atoms with Crippen molar-refractivity contribution in [1.29, 1.82) is 0 Å². The first-order valence-electron chi connectivity index (χ1n) is 6.71. The van der Waals surface area contributed by atoms with Gasteiger partial charge in [0.15, 0.2) is 0 Å². The molecule has 4 nitrogen and oxygen atoms in total. The lowest BCUT2D eigenvalue weighted by molar-refractivity contribution is 0.157. The minimum atomic E-state index is -0.613. The molecule has 1 saturated heterocycles. The molecule has 0 radical (unpaired) electrons. The number of carbonyl (C=O) groups excluding carboxylic acids is 1. The van der Waals surface area contributed by atoms with Gasteiger partial charge in [-0.2, -0.15) is 0 Å². The Morgan fingerprint density at radius 3 is 2.95 bits per heavy atom. The van der Waals surface area contributed by atoms with Gasteiger partial charge in [0, 0.05) is 19.2 Å². The smallest absolute Gasteiger partial charge is 0.317 e. The molecule has 110 valence electrons. The molecule has 2 N–H and O–H groups in total. The van der Waals surface area contributed by atoms with Crippen LogP contribution in [0.3, 0.4) is 0 Å². The highest BCUT2D eigenvalue weighted by molar-refractivity contribution is 5.74. The minimum Gasteiger partial charge on any atom is -0.394 e. The van der Waals surface area contributed by atoms with Crippen LogP contribution >= 0.6 is 0 Å². The lowest BCUT2D eigenvalue weighted by Gasteiger charge is -2.23. The molecule has 2 rings (SSSR count). The molecule has 0 aromatic heterocycles. The summed E-state index contributed by atoms with van der Waals surface area (Å²) in [5.74, 6) is -1.22. The highest BCUT2D eigenvalue weighted by Gasteiger charge is 2.27. The second-order valence-electron chi connectivity index (χ2n) is 4.89. The summed E-state index contributed by atoms with van der Waals surface area (Å²) in [5, 5.41) is 11.8. The predicted octanol–water partition coefficient (Wildman–Crippen LogP) is 1.67. The Kier molecular flexibility index (Phi) is 4.89. The lowest BCUT2D eigenvalue weighted by Crippen LogP contribution is -2.44. The van der Waals surface area contributed by atoms with Gasteiger partial charge in [0.05, 0.1) is 12.6 Å². The molecule has 0 bridgehead atoms. The molecular weight excluding hydrogens is 266 g/mol. The number of halogens is 2. The van der Waals surface area contributed by atoms with Crippen molar-refractivity contribution < 1.29 is 18.7 Å². The summed E-state index contributed by atoms with van der Waals surface area (Å²) in [7, 11) is 0. The van der Waals surface area contributed by atoms with E-state index in [4.69, 9.17) is 5.11 Å². The van der Waals surface area contributed by atoms with E-state index in [1.807, 2.05) is 0 Å². The van der Waals surface area contributed by atoms with Gasteiger partial charge in [0.1, 0.15) is 11.6 Å². The molecule has 1 aromatic carbocycles. The van der Waals surface area contributed by atoms with Crippen LogP contribution in [0.4, 0.5) is 13.6 Å². The third-order valence-electron chi connectivity index (χ3n) is 3.53. The van der Waals surface area contributed by atoms with Crippen molar-refractivity contribution in [1.82, 2.24) is 10.2 Å². The Labute approximate surface area is 116 Å². The van der Waals surface area contributed by atoms with Gasteiger partial charge >= 0.3 is 6.03 Å². The Bertz CT molecular complexity index is 482. The fourth-order valence-corrected chi connectivity index (χ4v) is 2.42. The molecule has 1 unspecified atom stereocenters. The summed E-state index contributed by atoms with van der Waals surface area (Å²) in [6, 6.07) is 3.03. The van der Waals surface area contributed by atoms with E-state index in [2.05, 4.69) is 5.32 Å². The van der Waals surface area contributed by atoms with E-state index in [9.17, 15) is 13.6 Å². The van der Waals surface area contributed by atoms with Gasteiger partial charge in [0.2, 0.25) is 0 Å². The van der Waals surface area contributed by atoms with E-state index in [1.54, 1.807) is 4.90 Å². The fourth-order valence-electron chi connectivity index (χ4n) is 2.42.